The molecule has 2 saturated heterocycles. The van der Waals surface area contributed by atoms with Crippen LogP contribution in [0.4, 0.5) is 0 Å². The maximum atomic E-state index is 14.2. The number of aliphatic hydroxyl groups is 1. The molecule has 2 amide bonds. The molecule has 0 aromatic heterocycles. The number of β-amino-alcohol motifs (C(OH)–C–C–N with tert-alkyl or cyclic N) is 1. The Bertz CT molecular complexity index is 903. The molecular weight excluding hydrogens is 436 g/mol. The summed E-state index contributed by atoms with van der Waals surface area (Å²) in [5.41, 5.74) is -1.78. The van der Waals surface area contributed by atoms with Gasteiger partial charge in [0.05, 0.1) is 25.2 Å². The molecule has 5 atom stereocenters. The highest BCUT2D eigenvalue weighted by Crippen LogP contribution is 2.53. The molecule has 1 unspecified atom stereocenters. The maximum absolute atomic E-state index is 14.2. The lowest BCUT2D eigenvalue weighted by Crippen LogP contribution is -2.60. The molecule has 4 heterocycles. The van der Waals surface area contributed by atoms with E-state index in [1.807, 2.05) is 43.1 Å². The molecule has 34 heavy (non-hydrogen) atoms. The number of hydrogen-bond acceptors (Lipinski definition) is 6. The van der Waals surface area contributed by atoms with Crippen molar-refractivity contribution in [1.82, 2.24) is 9.80 Å². The minimum absolute atomic E-state index is 0.000499. The zero-order valence-electron chi connectivity index (χ0n) is 21.0. The lowest BCUT2D eigenvalue weighted by atomic mass is 9.77. The summed E-state index contributed by atoms with van der Waals surface area (Å²) in [6.07, 6.45) is 9.09. The van der Waals surface area contributed by atoms with E-state index in [1.54, 1.807) is 0 Å². The molecule has 0 aromatic rings. The number of cyclic esters (lactones) is 1. The first-order valence-corrected chi connectivity index (χ1v) is 12.3. The molecule has 4 rings (SSSR count). The second kappa shape index (κ2) is 8.79. The van der Waals surface area contributed by atoms with Crippen LogP contribution in [0.5, 0.6) is 0 Å². The number of likely N-dealkylation sites (tertiary alicyclic amines) is 1. The summed E-state index contributed by atoms with van der Waals surface area (Å²) < 4.78 is 12.0. The van der Waals surface area contributed by atoms with E-state index in [1.165, 1.54) is 4.90 Å². The summed E-state index contributed by atoms with van der Waals surface area (Å²) in [6, 6.07) is -0.952. The van der Waals surface area contributed by atoms with Gasteiger partial charge < -0.3 is 24.4 Å². The smallest absolute Gasteiger partial charge is 0.312 e. The molecule has 0 aromatic carbocycles. The van der Waals surface area contributed by atoms with E-state index in [0.29, 0.717) is 13.0 Å². The number of allylic oxidation sites excluding steroid dienone is 1. The molecule has 0 bridgehead atoms. The molecular formula is C26H38N2O6. The number of rotatable bonds is 4. The first kappa shape index (κ1) is 24.9. The van der Waals surface area contributed by atoms with Crippen molar-refractivity contribution in [3.05, 3.63) is 24.3 Å². The van der Waals surface area contributed by atoms with E-state index in [9.17, 15) is 19.5 Å². The van der Waals surface area contributed by atoms with Gasteiger partial charge in [-0.3, -0.25) is 14.4 Å². The van der Waals surface area contributed by atoms with Gasteiger partial charge in [-0.1, -0.05) is 45.1 Å². The van der Waals surface area contributed by atoms with Crippen LogP contribution in [0.2, 0.25) is 0 Å². The number of ether oxygens (including phenoxy) is 2. The second-order valence-electron chi connectivity index (χ2n) is 11.7. The van der Waals surface area contributed by atoms with E-state index in [-0.39, 0.29) is 37.0 Å². The fourth-order valence-electron chi connectivity index (χ4n) is 6.54. The average molecular weight is 475 g/mol. The van der Waals surface area contributed by atoms with E-state index < -0.39 is 41.1 Å². The van der Waals surface area contributed by atoms with E-state index >= 15 is 0 Å². The van der Waals surface area contributed by atoms with Crippen LogP contribution in [0.3, 0.4) is 0 Å². The molecule has 8 heteroatoms. The van der Waals surface area contributed by atoms with Gasteiger partial charge in [0.15, 0.2) is 0 Å². The third kappa shape index (κ3) is 4.09. The van der Waals surface area contributed by atoms with Gasteiger partial charge in [-0.05, 0) is 38.5 Å². The van der Waals surface area contributed by atoms with Gasteiger partial charge in [0, 0.05) is 18.6 Å². The summed E-state index contributed by atoms with van der Waals surface area (Å²) in [5.74, 6) is -2.74. The number of aliphatic hydroxyl groups excluding tert-OH is 1. The summed E-state index contributed by atoms with van der Waals surface area (Å²) in [7, 11) is 0. The number of fused-ring (bicyclic) bond motifs is 2. The van der Waals surface area contributed by atoms with Gasteiger partial charge in [-0.25, -0.2) is 0 Å². The highest BCUT2D eigenvalue weighted by atomic mass is 16.6. The monoisotopic (exact) mass is 474 g/mol. The van der Waals surface area contributed by atoms with Crippen molar-refractivity contribution in [2.24, 2.45) is 17.3 Å². The normalized spacial score (nSPS) is 35.1. The number of esters is 1. The Labute approximate surface area is 201 Å². The highest BCUT2D eigenvalue weighted by Gasteiger charge is 2.72. The summed E-state index contributed by atoms with van der Waals surface area (Å²) in [4.78, 5) is 44.3. The number of hydrogen-bond donors (Lipinski definition) is 1. The first-order valence-electron chi connectivity index (χ1n) is 12.3. The van der Waals surface area contributed by atoms with E-state index in [4.69, 9.17) is 9.47 Å². The third-order valence-electron chi connectivity index (χ3n) is 7.39. The first-order chi connectivity index (χ1) is 15.9. The lowest BCUT2D eigenvalue weighted by Gasteiger charge is -2.44. The van der Waals surface area contributed by atoms with Crippen LogP contribution >= 0.6 is 0 Å². The number of nitrogens with zero attached hydrogens (tertiary/aromatic N) is 2. The summed E-state index contributed by atoms with van der Waals surface area (Å²) in [5, 5.41) is 9.75. The Balaban J connectivity index is 1.79. The molecule has 8 nitrogen and oxygen atoms in total. The van der Waals surface area contributed by atoms with Crippen LogP contribution in [-0.2, 0) is 23.9 Å². The zero-order chi connectivity index (χ0) is 24.9. The predicted molar refractivity (Wildman–Crippen MR) is 126 cm³/mol. The summed E-state index contributed by atoms with van der Waals surface area (Å²) >= 11 is 0. The van der Waals surface area contributed by atoms with Crippen LogP contribution in [-0.4, -0.2) is 82.3 Å². The van der Waals surface area contributed by atoms with Crippen LogP contribution in [0.1, 0.15) is 53.9 Å². The fraction of sp³-hybridized carbons (Fsp3) is 0.731. The molecule has 1 N–H and O–H groups in total. The zero-order valence-corrected chi connectivity index (χ0v) is 21.0. The van der Waals surface area contributed by atoms with Gasteiger partial charge in [-0.2, -0.15) is 0 Å². The van der Waals surface area contributed by atoms with Crippen molar-refractivity contribution in [3.63, 3.8) is 0 Å². The Morgan fingerprint density at radius 3 is 2.53 bits per heavy atom. The van der Waals surface area contributed by atoms with E-state index in [0.717, 1.165) is 12.8 Å². The molecule has 0 aliphatic carbocycles. The van der Waals surface area contributed by atoms with Crippen LogP contribution in [0.25, 0.3) is 0 Å². The van der Waals surface area contributed by atoms with Crippen molar-refractivity contribution in [1.29, 1.82) is 0 Å². The Hall–Kier alpha value is -2.19. The molecule has 0 saturated carbocycles. The number of carbonyl (C=O) groups excluding carboxylic acids is 3. The summed E-state index contributed by atoms with van der Waals surface area (Å²) in [6.45, 7) is 10.9. The Morgan fingerprint density at radius 1 is 1.12 bits per heavy atom. The molecule has 2 fully saturated rings. The van der Waals surface area contributed by atoms with Crippen molar-refractivity contribution in [3.8, 4) is 0 Å². The van der Waals surface area contributed by atoms with Gasteiger partial charge >= 0.3 is 5.97 Å². The standard InChI is InChI=1S/C26H38N2O6/c1-24(2,3)16-25(4,5)28-12-9-11-26-19(21(30)27(13-14-29)20(26)22(28)31)18-17(34-26)10-7-6-8-15-33-23(18)32/h7,9-11,17-20,29H,6,8,12-16H2,1-5H3/b10-7-/t17-,18+,19+,20?,26+/m1/s1. The van der Waals surface area contributed by atoms with Crippen LogP contribution in [0, 0.1) is 17.3 Å². The number of amides is 2. The van der Waals surface area contributed by atoms with Gasteiger partial charge in [0.1, 0.15) is 17.6 Å². The van der Waals surface area contributed by atoms with Gasteiger partial charge in [-0.15, -0.1) is 0 Å². The van der Waals surface area contributed by atoms with Crippen LogP contribution < -0.4 is 0 Å². The van der Waals surface area contributed by atoms with Crippen molar-refractivity contribution < 1.29 is 29.0 Å². The largest absolute Gasteiger partial charge is 0.465 e. The van der Waals surface area contributed by atoms with Crippen molar-refractivity contribution >= 4 is 17.8 Å². The molecule has 188 valence electrons. The quantitative estimate of drug-likeness (QED) is 0.495. The topological polar surface area (TPSA) is 96.4 Å². The van der Waals surface area contributed by atoms with Crippen molar-refractivity contribution in [2.75, 3.05) is 26.3 Å². The van der Waals surface area contributed by atoms with Crippen molar-refractivity contribution in [2.45, 2.75) is 77.2 Å². The molecule has 0 radical (unpaired) electrons. The second-order valence-corrected chi connectivity index (χ2v) is 11.7. The van der Waals surface area contributed by atoms with Gasteiger partial charge in [0.25, 0.3) is 0 Å². The SMILES string of the molecule is CC(C)(C)CC(C)(C)N1CC=C[C@]23O[C@@H]4/C=C\CCCOC(=O)[C@@H]4[C@H]2C(=O)N(CCO)C3C1=O. The molecule has 4 aliphatic heterocycles. The minimum atomic E-state index is -1.28. The lowest BCUT2D eigenvalue weighted by molar-refractivity contribution is -0.155. The maximum Gasteiger partial charge on any atom is 0.312 e. The van der Waals surface area contributed by atoms with E-state index in [2.05, 4.69) is 20.8 Å². The number of carbonyl (C=O) groups is 3. The average Bonchev–Trinajstić information content (AvgIpc) is 3.11. The third-order valence-corrected chi connectivity index (χ3v) is 7.39. The molecule has 1 spiro atoms. The Kier molecular flexibility index (Phi) is 6.44. The van der Waals surface area contributed by atoms with Crippen LogP contribution in [0.15, 0.2) is 24.3 Å². The predicted octanol–water partition coefficient (Wildman–Crippen LogP) is 2.07. The highest BCUT2D eigenvalue weighted by molar-refractivity contribution is 5.99. The Morgan fingerprint density at radius 2 is 1.85 bits per heavy atom. The minimum Gasteiger partial charge on any atom is -0.465 e. The fourth-order valence-corrected chi connectivity index (χ4v) is 6.54. The molecule has 4 aliphatic rings. The van der Waals surface area contributed by atoms with Gasteiger partial charge in [0.2, 0.25) is 11.8 Å².